The number of likely N-dealkylation sites (tertiary alicyclic amines) is 1. The second-order valence-electron chi connectivity index (χ2n) is 7.63. The average molecular weight is 373 g/mol. The molecule has 0 radical (unpaired) electrons. The molecule has 2 atom stereocenters. The second-order valence-corrected chi connectivity index (χ2v) is 7.63. The molecule has 1 aromatic carbocycles. The zero-order chi connectivity index (χ0) is 18.8. The van der Waals surface area contributed by atoms with Crippen LogP contribution in [-0.2, 0) is 9.47 Å². The molecule has 7 heteroatoms. The van der Waals surface area contributed by atoms with Crippen molar-refractivity contribution in [3.63, 3.8) is 0 Å². The van der Waals surface area contributed by atoms with E-state index in [0.717, 1.165) is 24.3 Å². The fourth-order valence-corrected chi connectivity index (χ4v) is 4.11. The van der Waals surface area contributed by atoms with Crippen molar-refractivity contribution in [3.8, 4) is 0 Å². The van der Waals surface area contributed by atoms with Gasteiger partial charge in [0.2, 0.25) is 0 Å². The highest BCUT2D eigenvalue weighted by Crippen LogP contribution is 2.27. The number of ether oxygens (including phenoxy) is 2. The molecular weight excluding hydrogens is 346 g/mol. The van der Waals surface area contributed by atoms with Crippen LogP contribution < -0.4 is 10.2 Å². The molecule has 3 heterocycles. The lowest BCUT2D eigenvalue weighted by molar-refractivity contribution is 0.0708. The van der Waals surface area contributed by atoms with Crippen molar-refractivity contribution in [1.29, 1.82) is 0 Å². The molecule has 0 aliphatic carbocycles. The van der Waals surface area contributed by atoms with E-state index in [1.807, 2.05) is 13.0 Å². The topological polar surface area (TPSA) is 71.1 Å². The van der Waals surface area contributed by atoms with Crippen LogP contribution in [-0.4, -0.2) is 55.5 Å². The van der Waals surface area contributed by atoms with Gasteiger partial charge in [-0.15, -0.1) is 0 Å². The SMILES string of the molecule is Cc1cc(N2CCCCCC2)ccc1NC(=O)N1CCC2OC(=O)OC2C1. The van der Waals surface area contributed by atoms with Crippen LogP contribution in [0.2, 0.25) is 0 Å². The van der Waals surface area contributed by atoms with Gasteiger partial charge in [0.05, 0.1) is 6.54 Å². The van der Waals surface area contributed by atoms with E-state index in [1.54, 1.807) is 4.90 Å². The Hall–Kier alpha value is -2.44. The zero-order valence-electron chi connectivity index (χ0n) is 15.8. The third-order valence-corrected chi connectivity index (χ3v) is 5.70. The Balaban J connectivity index is 1.38. The van der Waals surface area contributed by atoms with E-state index in [-0.39, 0.29) is 18.2 Å². The molecule has 0 spiro atoms. The van der Waals surface area contributed by atoms with E-state index in [2.05, 4.69) is 22.3 Å². The van der Waals surface area contributed by atoms with Crippen LogP contribution in [0.1, 0.15) is 37.7 Å². The van der Waals surface area contributed by atoms with Crippen LogP contribution in [0.25, 0.3) is 0 Å². The summed E-state index contributed by atoms with van der Waals surface area (Å²) in [6, 6.07) is 6.06. The molecule has 1 aromatic rings. The number of aryl methyl sites for hydroxylation is 1. The Bertz CT molecular complexity index is 715. The predicted molar refractivity (Wildman–Crippen MR) is 102 cm³/mol. The van der Waals surface area contributed by atoms with Crippen molar-refractivity contribution >= 4 is 23.6 Å². The number of rotatable bonds is 2. The summed E-state index contributed by atoms with van der Waals surface area (Å²) in [5, 5.41) is 3.00. The lowest BCUT2D eigenvalue weighted by Crippen LogP contribution is -2.49. The number of carbonyl (C=O) groups is 2. The van der Waals surface area contributed by atoms with E-state index in [4.69, 9.17) is 9.47 Å². The summed E-state index contributed by atoms with van der Waals surface area (Å²) in [5.41, 5.74) is 3.10. The van der Waals surface area contributed by atoms with Crippen molar-refractivity contribution in [3.05, 3.63) is 23.8 Å². The van der Waals surface area contributed by atoms with Crippen molar-refractivity contribution in [2.75, 3.05) is 36.4 Å². The first-order chi connectivity index (χ1) is 13.1. The van der Waals surface area contributed by atoms with Gasteiger partial charge in [-0.2, -0.15) is 0 Å². The minimum atomic E-state index is -0.632. The van der Waals surface area contributed by atoms with Crippen LogP contribution >= 0.6 is 0 Å². The van der Waals surface area contributed by atoms with Crippen LogP contribution in [0.3, 0.4) is 0 Å². The third kappa shape index (κ3) is 3.96. The first kappa shape index (κ1) is 17.9. The molecule has 0 saturated carbocycles. The Morgan fingerprint density at radius 2 is 1.81 bits per heavy atom. The van der Waals surface area contributed by atoms with Gasteiger partial charge in [-0.3, -0.25) is 0 Å². The number of carbonyl (C=O) groups excluding carboxylic acids is 2. The summed E-state index contributed by atoms with van der Waals surface area (Å²) in [4.78, 5) is 28.0. The van der Waals surface area contributed by atoms with Gasteiger partial charge < -0.3 is 24.6 Å². The molecule has 2 unspecified atom stereocenters. The molecule has 3 fully saturated rings. The number of piperidine rings is 1. The Morgan fingerprint density at radius 3 is 2.56 bits per heavy atom. The van der Waals surface area contributed by atoms with Crippen LogP contribution in [0.15, 0.2) is 18.2 Å². The van der Waals surface area contributed by atoms with E-state index in [0.29, 0.717) is 19.5 Å². The maximum absolute atomic E-state index is 12.6. The largest absolute Gasteiger partial charge is 0.509 e. The fourth-order valence-electron chi connectivity index (χ4n) is 4.11. The average Bonchev–Trinajstić information content (AvgIpc) is 2.84. The van der Waals surface area contributed by atoms with Crippen LogP contribution in [0.4, 0.5) is 21.0 Å². The molecule has 2 amide bonds. The normalized spacial score (nSPS) is 25.3. The smallest absolute Gasteiger partial charge is 0.427 e. The molecule has 0 bridgehead atoms. The van der Waals surface area contributed by atoms with Gasteiger partial charge in [-0.1, -0.05) is 12.8 Å². The predicted octanol–water partition coefficient (Wildman–Crippen LogP) is 3.52. The van der Waals surface area contributed by atoms with E-state index in [9.17, 15) is 9.59 Å². The van der Waals surface area contributed by atoms with E-state index in [1.165, 1.54) is 31.4 Å². The zero-order valence-corrected chi connectivity index (χ0v) is 15.8. The molecular formula is C20H27N3O4. The first-order valence-electron chi connectivity index (χ1n) is 9.89. The van der Waals surface area contributed by atoms with Gasteiger partial charge in [-0.05, 0) is 43.5 Å². The number of hydrogen-bond acceptors (Lipinski definition) is 5. The molecule has 3 saturated heterocycles. The molecule has 1 N–H and O–H groups in total. The fraction of sp³-hybridized carbons (Fsp3) is 0.600. The number of fused-ring (bicyclic) bond motifs is 1. The third-order valence-electron chi connectivity index (χ3n) is 5.70. The van der Waals surface area contributed by atoms with Crippen molar-refractivity contribution in [2.45, 2.75) is 51.2 Å². The molecule has 27 heavy (non-hydrogen) atoms. The highest BCUT2D eigenvalue weighted by atomic mass is 16.8. The minimum Gasteiger partial charge on any atom is -0.427 e. The number of benzene rings is 1. The summed E-state index contributed by atoms with van der Waals surface area (Å²) in [7, 11) is 0. The molecule has 146 valence electrons. The maximum atomic E-state index is 12.6. The van der Waals surface area contributed by atoms with Gasteiger partial charge in [0.15, 0.2) is 6.10 Å². The van der Waals surface area contributed by atoms with Gasteiger partial charge >= 0.3 is 12.2 Å². The van der Waals surface area contributed by atoms with Crippen molar-refractivity contribution < 1.29 is 19.1 Å². The summed E-state index contributed by atoms with van der Waals surface area (Å²) in [6.07, 6.45) is 4.48. The molecule has 7 nitrogen and oxygen atoms in total. The number of urea groups is 1. The second kappa shape index (κ2) is 7.66. The summed E-state index contributed by atoms with van der Waals surface area (Å²) < 4.78 is 10.2. The number of amides is 2. The highest BCUT2D eigenvalue weighted by molar-refractivity contribution is 5.90. The quantitative estimate of drug-likeness (QED) is 0.803. The van der Waals surface area contributed by atoms with Gasteiger partial charge in [0, 0.05) is 37.4 Å². The lowest BCUT2D eigenvalue weighted by Gasteiger charge is -2.32. The van der Waals surface area contributed by atoms with Crippen molar-refractivity contribution in [2.24, 2.45) is 0 Å². The van der Waals surface area contributed by atoms with Crippen molar-refractivity contribution in [1.82, 2.24) is 4.90 Å². The highest BCUT2D eigenvalue weighted by Gasteiger charge is 2.42. The van der Waals surface area contributed by atoms with Gasteiger partial charge in [-0.25, -0.2) is 9.59 Å². The first-order valence-corrected chi connectivity index (χ1v) is 9.89. The van der Waals surface area contributed by atoms with E-state index < -0.39 is 6.16 Å². The molecule has 3 aliphatic rings. The summed E-state index contributed by atoms with van der Waals surface area (Å²) in [6.45, 7) is 5.14. The Morgan fingerprint density at radius 1 is 1.07 bits per heavy atom. The number of nitrogens with one attached hydrogen (secondary N) is 1. The van der Waals surface area contributed by atoms with E-state index >= 15 is 0 Å². The Kier molecular flexibility index (Phi) is 5.09. The van der Waals surface area contributed by atoms with Gasteiger partial charge in [0.25, 0.3) is 0 Å². The molecule has 4 rings (SSSR count). The Labute approximate surface area is 159 Å². The standard InChI is InChI=1S/C20H27N3O4/c1-14-12-15(22-9-4-2-3-5-10-22)6-7-16(14)21-19(24)23-11-8-17-18(13-23)27-20(25)26-17/h6-7,12,17-18H,2-5,8-11,13H2,1H3,(H,21,24). The number of nitrogens with zero attached hydrogens (tertiary/aromatic N) is 2. The summed E-state index contributed by atoms with van der Waals surface area (Å²) in [5.74, 6) is 0. The number of anilines is 2. The van der Waals surface area contributed by atoms with Crippen LogP contribution in [0.5, 0.6) is 0 Å². The molecule has 0 aromatic heterocycles. The van der Waals surface area contributed by atoms with Gasteiger partial charge in [0.1, 0.15) is 6.10 Å². The number of hydrogen-bond donors (Lipinski definition) is 1. The lowest BCUT2D eigenvalue weighted by atomic mass is 10.1. The summed E-state index contributed by atoms with van der Waals surface area (Å²) >= 11 is 0. The molecule has 3 aliphatic heterocycles. The monoisotopic (exact) mass is 373 g/mol. The van der Waals surface area contributed by atoms with Crippen LogP contribution in [0, 0.1) is 6.92 Å². The minimum absolute atomic E-state index is 0.165. The maximum Gasteiger partial charge on any atom is 0.509 e.